The standard InChI is InChI=1S/C23H50P.BrH/c1-5-9-13-14-15-19-23-24(20-16-10-6-2,21-17-11-7-3)22-18-12-8-4;/h5-23H2,1-4H3;1H/q+1;/p-1. The summed E-state index contributed by atoms with van der Waals surface area (Å²) in [5, 5.41) is 0. The van der Waals surface area contributed by atoms with Crippen molar-refractivity contribution in [1.82, 2.24) is 0 Å². The summed E-state index contributed by atoms with van der Waals surface area (Å²) in [6.45, 7) is 9.41. The minimum Gasteiger partial charge on any atom is -1.00 e. The van der Waals surface area contributed by atoms with E-state index in [1.807, 2.05) is 0 Å². The van der Waals surface area contributed by atoms with E-state index < -0.39 is 7.26 Å². The summed E-state index contributed by atoms with van der Waals surface area (Å²) in [7, 11) is -0.641. The van der Waals surface area contributed by atoms with Crippen molar-refractivity contribution in [3.05, 3.63) is 0 Å². The average Bonchev–Trinajstić information content (AvgIpc) is 2.58. The van der Waals surface area contributed by atoms with Crippen LogP contribution in [0.3, 0.4) is 0 Å². The zero-order valence-electron chi connectivity index (χ0n) is 18.3. The van der Waals surface area contributed by atoms with Gasteiger partial charge in [-0.15, -0.1) is 0 Å². The van der Waals surface area contributed by atoms with Crippen LogP contribution in [0.15, 0.2) is 0 Å². The maximum Gasteiger partial charge on any atom is 0.0594 e. The van der Waals surface area contributed by atoms with Crippen LogP contribution >= 0.6 is 7.26 Å². The third kappa shape index (κ3) is 16.8. The fourth-order valence-corrected chi connectivity index (χ4v) is 8.91. The first-order valence-electron chi connectivity index (χ1n) is 11.6. The van der Waals surface area contributed by atoms with Gasteiger partial charge in [0.25, 0.3) is 0 Å². The number of hydrogen-bond donors (Lipinski definition) is 0. The molecule has 0 aliphatic rings. The number of unbranched alkanes of at least 4 members (excludes halogenated alkanes) is 11. The van der Waals surface area contributed by atoms with E-state index in [1.54, 1.807) is 31.1 Å². The Morgan fingerprint density at radius 3 is 0.960 bits per heavy atom. The quantitative estimate of drug-likeness (QED) is 0.173. The Morgan fingerprint density at radius 1 is 0.360 bits per heavy atom. The molecule has 0 atom stereocenters. The maximum absolute atomic E-state index is 2.36. The molecule has 25 heavy (non-hydrogen) atoms. The first-order valence-corrected chi connectivity index (χ1v) is 14.1. The van der Waals surface area contributed by atoms with Crippen molar-refractivity contribution in [3.8, 4) is 0 Å². The van der Waals surface area contributed by atoms with Gasteiger partial charge in [0, 0.05) is 7.26 Å². The van der Waals surface area contributed by atoms with Crippen LogP contribution in [0, 0.1) is 0 Å². The molecule has 0 amide bonds. The fraction of sp³-hybridized carbons (Fsp3) is 1.00. The molecule has 0 aromatic carbocycles. The Balaban J connectivity index is 0. The second-order valence-corrected chi connectivity index (χ2v) is 12.6. The monoisotopic (exact) mass is 436 g/mol. The van der Waals surface area contributed by atoms with Crippen molar-refractivity contribution < 1.29 is 17.0 Å². The third-order valence-electron chi connectivity index (χ3n) is 5.69. The Bertz CT molecular complexity index is 216. The van der Waals surface area contributed by atoms with Crippen LogP contribution in [0.1, 0.15) is 124 Å². The molecule has 0 fully saturated rings. The Labute approximate surface area is 172 Å². The van der Waals surface area contributed by atoms with Gasteiger partial charge in [0.2, 0.25) is 0 Å². The largest absolute Gasteiger partial charge is 1.00 e. The lowest BCUT2D eigenvalue weighted by atomic mass is 10.1. The van der Waals surface area contributed by atoms with Gasteiger partial charge in [0.05, 0.1) is 24.6 Å². The summed E-state index contributed by atoms with van der Waals surface area (Å²) in [5.41, 5.74) is 0. The van der Waals surface area contributed by atoms with E-state index in [9.17, 15) is 0 Å². The molecular formula is C23H50BrP. The molecule has 154 valence electrons. The number of hydrogen-bond acceptors (Lipinski definition) is 0. The van der Waals surface area contributed by atoms with Crippen LogP contribution in [0.4, 0.5) is 0 Å². The molecule has 0 nitrogen and oxygen atoms in total. The van der Waals surface area contributed by atoms with Gasteiger partial charge in [-0.25, -0.2) is 0 Å². The molecule has 0 bridgehead atoms. The van der Waals surface area contributed by atoms with Gasteiger partial charge in [-0.05, 0) is 32.1 Å². The predicted molar refractivity (Wildman–Crippen MR) is 118 cm³/mol. The van der Waals surface area contributed by atoms with Gasteiger partial charge in [0.1, 0.15) is 0 Å². The van der Waals surface area contributed by atoms with Crippen molar-refractivity contribution in [2.75, 3.05) is 24.6 Å². The van der Waals surface area contributed by atoms with Crippen molar-refractivity contribution in [3.63, 3.8) is 0 Å². The van der Waals surface area contributed by atoms with Crippen LogP contribution in [0.2, 0.25) is 0 Å². The van der Waals surface area contributed by atoms with E-state index in [1.165, 1.54) is 89.9 Å². The topological polar surface area (TPSA) is 0 Å². The highest BCUT2D eigenvalue weighted by Crippen LogP contribution is 2.61. The second-order valence-electron chi connectivity index (χ2n) is 8.13. The van der Waals surface area contributed by atoms with E-state index >= 15 is 0 Å². The van der Waals surface area contributed by atoms with E-state index in [4.69, 9.17) is 0 Å². The highest BCUT2D eigenvalue weighted by atomic mass is 79.9. The highest BCUT2D eigenvalue weighted by Gasteiger charge is 2.34. The van der Waals surface area contributed by atoms with Gasteiger partial charge in [-0.3, -0.25) is 0 Å². The Kier molecular flexibility index (Phi) is 23.9. The molecule has 0 rings (SSSR count). The third-order valence-corrected chi connectivity index (χ3v) is 10.8. The molecule has 0 heterocycles. The predicted octanol–water partition coefficient (Wildman–Crippen LogP) is 5.94. The molecule has 0 unspecified atom stereocenters. The minimum atomic E-state index is -0.641. The zero-order chi connectivity index (χ0) is 17.9. The van der Waals surface area contributed by atoms with Gasteiger partial charge in [0.15, 0.2) is 0 Å². The van der Waals surface area contributed by atoms with E-state index in [2.05, 4.69) is 27.7 Å². The summed E-state index contributed by atoms with van der Waals surface area (Å²) < 4.78 is 0. The molecule has 0 aromatic rings. The Morgan fingerprint density at radius 2 is 0.600 bits per heavy atom. The number of halogens is 1. The second kappa shape index (κ2) is 21.2. The summed E-state index contributed by atoms with van der Waals surface area (Å²) in [5.74, 6) is 0. The van der Waals surface area contributed by atoms with E-state index in [0.717, 1.165) is 0 Å². The van der Waals surface area contributed by atoms with Crippen LogP contribution in [-0.4, -0.2) is 24.6 Å². The van der Waals surface area contributed by atoms with E-state index in [-0.39, 0.29) is 17.0 Å². The molecule has 0 aromatic heterocycles. The Hall–Kier alpha value is 0.910. The lowest BCUT2D eigenvalue weighted by Gasteiger charge is -2.28. The summed E-state index contributed by atoms with van der Waals surface area (Å²) in [6, 6.07) is 0. The molecule has 0 saturated carbocycles. The van der Waals surface area contributed by atoms with Gasteiger partial charge >= 0.3 is 0 Å². The summed E-state index contributed by atoms with van der Waals surface area (Å²) >= 11 is 0. The van der Waals surface area contributed by atoms with E-state index in [0.29, 0.717) is 0 Å². The lowest BCUT2D eigenvalue weighted by Crippen LogP contribution is -3.00. The lowest BCUT2D eigenvalue weighted by molar-refractivity contribution is -0.00000558. The summed E-state index contributed by atoms with van der Waals surface area (Å²) in [4.78, 5) is 0. The molecule has 0 radical (unpaired) electrons. The average molecular weight is 438 g/mol. The van der Waals surface area contributed by atoms with Crippen molar-refractivity contribution >= 4 is 7.26 Å². The van der Waals surface area contributed by atoms with Crippen molar-refractivity contribution in [1.29, 1.82) is 0 Å². The van der Waals surface area contributed by atoms with Crippen molar-refractivity contribution in [2.45, 2.75) is 124 Å². The first-order chi connectivity index (χ1) is 11.7. The molecule has 0 aliphatic heterocycles. The van der Waals surface area contributed by atoms with Gasteiger partial charge in [-0.2, -0.15) is 0 Å². The molecule has 0 spiro atoms. The van der Waals surface area contributed by atoms with Crippen LogP contribution < -0.4 is 17.0 Å². The zero-order valence-corrected chi connectivity index (χ0v) is 20.7. The van der Waals surface area contributed by atoms with Crippen molar-refractivity contribution in [2.24, 2.45) is 0 Å². The smallest absolute Gasteiger partial charge is 0.0594 e. The molecular weight excluding hydrogens is 387 g/mol. The first kappa shape index (κ1) is 28.1. The maximum atomic E-state index is 2.36. The fourth-order valence-electron chi connectivity index (χ4n) is 3.99. The van der Waals surface area contributed by atoms with Crippen LogP contribution in [-0.2, 0) is 0 Å². The SMILES string of the molecule is CCCCCCCC[P+](CCCCC)(CCCCC)CCCCC.[Br-]. The normalized spacial score (nSPS) is 11.5. The molecule has 2 heteroatoms. The molecule has 0 aliphatic carbocycles. The van der Waals surface area contributed by atoms with Crippen LogP contribution in [0.25, 0.3) is 0 Å². The van der Waals surface area contributed by atoms with Gasteiger partial charge in [-0.1, -0.05) is 91.9 Å². The van der Waals surface area contributed by atoms with Gasteiger partial charge < -0.3 is 17.0 Å². The summed E-state index contributed by atoms with van der Waals surface area (Å²) in [6.07, 6.45) is 28.5. The molecule has 0 N–H and O–H groups in total. The minimum absolute atomic E-state index is 0. The molecule has 0 saturated heterocycles. The van der Waals surface area contributed by atoms with Crippen LogP contribution in [0.5, 0.6) is 0 Å². The highest BCUT2D eigenvalue weighted by molar-refractivity contribution is 7.75. The number of rotatable bonds is 19.